The molecule has 2 aromatic heterocycles. The lowest BCUT2D eigenvalue weighted by atomic mass is 10.2. The second-order valence-electron chi connectivity index (χ2n) is 5.57. The van der Waals surface area contributed by atoms with Crippen LogP contribution in [0.4, 0.5) is 0 Å². The average molecular weight is 345 g/mol. The van der Waals surface area contributed by atoms with Crippen LogP contribution in [0.25, 0.3) is 5.69 Å². The van der Waals surface area contributed by atoms with Crippen molar-refractivity contribution in [3.63, 3.8) is 0 Å². The van der Waals surface area contributed by atoms with Gasteiger partial charge in [0.15, 0.2) is 0 Å². The highest BCUT2D eigenvalue weighted by molar-refractivity contribution is 7.89. The van der Waals surface area contributed by atoms with Crippen molar-refractivity contribution in [2.75, 3.05) is 0 Å². The van der Waals surface area contributed by atoms with Gasteiger partial charge in [0.25, 0.3) is 0 Å². The fourth-order valence-corrected chi connectivity index (χ4v) is 4.03. The SMILES string of the molecule is Cc1nn(C)c(C)c1S(=O)(=O)NCc1ccc(-n2cccn2)cc1. The van der Waals surface area contributed by atoms with Gasteiger partial charge in [0.1, 0.15) is 4.90 Å². The third kappa shape index (κ3) is 3.10. The molecule has 0 atom stereocenters. The van der Waals surface area contributed by atoms with Gasteiger partial charge in [-0.2, -0.15) is 10.2 Å². The maximum Gasteiger partial charge on any atom is 0.244 e. The van der Waals surface area contributed by atoms with Crippen LogP contribution in [0.2, 0.25) is 0 Å². The molecule has 7 nitrogen and oxygen atoms in total. The predicted octanol–water partition coefficient (Wildman–Crippen LogP) is 1.70. The van der Waals surface area contributed by atoms with Crippen molar-refractivity contribution in [3.05, 3.63) is 59.7 Å². The molecule has 3 rings (SSSR count). The zero-order valence-corrected chi connectivity index (χ0v) is 14.6. The summed E-state index contributed by atoms with van der Waals surface area (Å²) in [5, 5.41) is 8.32. The van der Waals surface area contributed by atoms with E-state index in [9.17, 15) is 8.42 Å². The second kappa shape index (κ2) is 6.21. The Kier molecular flexibility index (Phi) is 4.25. The summed E-state index contributed by atoms with van der Waals surface area (Å²) in [6.45, 7) is 3.66. The molecule has 0 amide bonds. The Morgan fingerprint density at radius 2 is 1.88 bits per heavy atom. The molecular formula is C16H19N5O2S. The van der Waals surface area contributed by atoms with Crippen LogP contribution in [0.15, 0.2) is 47.6 Å². The molecule has 0 aliphatic heterocycles. The number of aromatic nitrogens is 4. The average Bonchev–Trinajstić information content (AvgIpc) is 3.15. The van der Waals surface area contributed by atoms with Crippen molar-refractivity contribution in [1.82, 2.24) is 24.3 Å². The third-order valence-electron chi connectivity index (χ3n) is 3.88. The van der Waals surface area contributed by atoms with Gasteiger partial charge in [-0.15, -0.1) is 0 Å². The van der Waals surface area contributed by atoms with E-state index < -0.39 is 10.0 Å². The van der Waals surface area contributed by atoms with E-state index in [1.807, 2.05) is 36.5 Å². The normalized spacial score (nSPS) is 11.8. The quantitative estimate of drug-likeness (QED) is 0.763. The molecular weight excluding hydrogens is 326 g/mol. The third-order valence-corrected chi connectivity index (χ3v) is 5.54. The summed E-state index contributed by atoms with van der Waals surface area (Å²) >= 11 is 0. The first kappa shape index (κ1) is 16.4. The molecule has 1 aromatic carbocycles. The fraction of sp³-hybridized carbons (Fsp3) is 0.250. The van der Waals surface area contributed by atoms with Gasteiger partial charge >= 0.3 is 0 Å². The Morgan fingerprint density at radius 1 is 1.17 bits per heavy atom. The number of aryl methyl sites for hydroxylation is 2. The van der Waals surface area contributed by atoms with Crippen LogP contribution in [0.5, 0.6) is 0 Å². The number of sulfonamides is 1. The first-order valence-electron chi connectivity index (χ1n) is 7.47. The first-order valence-corrected chi connectivity index (χ1v) is 8.95. The zero-order chi connectivity index (χ0) is 17.3. The number of nitrogens with one attached hydrogen (secondary N) is 1. The van der Waals surface area contributed by atoms with E-state index in [4.69, 9.17) is 0 Å². The van der Waals surface area contributed by atoms with Gasteiger partial charge in [0.2, 0.25) is 10.0 Å². The molecule has 2 heterocycles. The van der Waals surface area contributed by atoms with Gasteiger partial charge in [0, 0.05) is 26.0 Å². The van der Waals surface area contributed by atoms with Crippen LogP contribution in [0, 0.1) is 13.8 Å². The maximum absolute atomic E-state index is 12.5. The van der Waals surface area contributed by atoms with Crippen LogP contribution in [0.3, 0.4) is 0 Å². The summed E-state index contributed by atoms with van der Waals surface area (Å²) in [4.78, 5) is 0.248. The number of hydrogen-bond acceptors (Lipinski definition) is 4. The predicted molar refractivity (Wildman–Crippen MR) is 90.3 cm³/mol. The molecule has 0 bridgehead atoms. The molecule has 0 saturated heterocycles. The number of nitrogens with zero attached hydrogens (tertiary/aromatic N) is 4. The van der Waals surface area contributed by atoms with Crippen molar-refractivity contribution < 1.29 is 8.42 Å². The number of benzene rings is 1. The van der Waals surface area contributed by atoms with E-state index >= 15 is 0 Å². The Labute approximate surface area is 141 Å². The summed E-state index contributed by atoms with van der Waals surface area (Å²) in [6, 6.07) is 9.40. The van der Waals surface area contributed by atoms with Crippen molar-refractivity contribution >= 4 is 10.0 Å². The van der Waals surface area contributed by atoms with E-state index in [-0.39, 0.29) is 11.4 Å². The monoisotopic (exact) mass is 345 g/mol. The summed E-state index contributed by atoms with van der Waals surface area (Å²) in [7, 11) is -1.87. The molecule has 1 N–H and O–H groups in total. The highest BCUT2D eigenvalue weighted by Gasteiger charge is 2.23. The Hall–Kier alpha value is -2.45. The molecule has 0 spiro atoms. The summed E-state index contributed by atoms with van der Waals surface area (Å²) < 4.78 is 31.0. The molecule has 0 radical (unpaired) electrons. The van der Waals surface area contributed by atoms with Crippen LogP contribution in [-0.4, -0.2) is 28.0 Å². The molecule has 0 fully saturated rings. The summed E-state index contributed by atoms with van der Waals surface area (Å²) in [5.41, 5.74) is 2.91. The van der Waals surface area contributed by atoms with E-state index in [1.165, 1.54) is 0 Å². The van der Waals surface area contributed by atoms with E-state index in [1.54, 1.807) is 36.5 Å². The zero-order valence-electron chi connectivity index (χ0n) is 13.8. The minimum absolute atomic E-state index is 0.218. The van der Waals surface area contributed by atoms with Crippen LogP contribution in [-0.2, 0) is 23.6 Å². The van der Waals surface area contributed by atoms with Gasteiger partial charge in [-0.1, -0.05) is 12.1 Å². The molecule has 24 heavy (non-hydrogen) atoms. The molecule has 0 unspecified atom stereocenters. The highest BCUT2D eigenvalue weighted by atomic mass is 32.2. The second-order valence-corrected chi connectivity index (χ2v) is 7.27. The lowest BCUT2D eigenvalue weighted by Gasteiger charge is -2.08. The Bertz CT molecular complexity index is 941. The molecule has 0 aliphatic rings. The van der Waals surface area contributed by atoms with Crippen LogP contribution in [0.1, 0.15) is 17.0 Å². The van der Waals surface area contributed by atoms with Gasteiger partial charge < -0.3 is 0 Å². The van der Waals surface area contributed by atoms with Crippen molar-refractivity contribution in [2.24, 2.45) is 7.05 Å². The van der Waals surface area contributed by atoms with E-state index in [2.05, 4.69) is 14.9 Å². The van der Waals surface area contributed by atoms with Crippen LogP contribution >= 0.6 is 0 Å². The van der Waals surface area contributed by atoms with Crippen molar-refractivity contribution in [2.45, 2.75) is 25.3 Å². The molecule has 3 aromatic rings. The fourth-order valence-electron chi connectivity index (χ4n) is 2.58. The van der Waals surface area contributed by atoms with E-state index in [0.29, 0.717) is 11.4 Å². The maximum atomic E-state index is 12.5. The topological polar surface area (TPSA) is 81.8 Å². The minimum Gasteiger partial charge on any atom is -0.271 e. The van der Waals surface area contributed by atoms with Gasteiger partial charge in [0.05, 0.1) is 17.1 Å². The van der Waals surface area contributed by atoms with E-state index in [0.717, 1.165) is 11.3 Å². The lowest BCUT2D eigenvalue weighted by molar-refractivity contribution is 0.579. The first-order chi connectivity index (χ1) is 11.4. The van der Waals surface area contributed by atoms with Crippen molar-refractivity contribution in [3.8, 4) is 5.69 Å². The number of rotatable bonds is 5. The number of hydrogen-bond donors (Lipinski definition) is 1. The summed E-state index contributed by atoms with van der Waals surface area (Å²) in [6.07, 6.45) is 3.56. The standard InChI is InChI=1S/C16H19N5O2S/c1-12-16(13(2)20(3)19-12)24(22,23)18-11-14-5-7-15(8-6-14)21-10-4-9-17-21/h4-10,18H,11H2,1-3H3. The van der Waals surface area contributed by atoms with Gasteiger partial charge in [-0.3, -0.25) is 4.68 Å². The van der Waals surface area contributed by atoms with Gasteiger partial charge in [-0.05, 0) is 37.6 Å². The smallest absolute Gasteiger partial charge is 0.244 e. The molecule has 0 saturated carbocycles. The molecule has 126 valence electrons. The van der Waals surface area contributed by atoms with Gasteiger partial charge in [-0.25, -0.2) is 17.8 Å². The molecule has 0 aliphatic carbocycles. The Balaban J connectivity index is 1.75. The summed E-state index contributed by atoms with van der Waals surface area (Å²) in [5.74, 6) is 0. The minimum atomic E-state index is -3.60. The lowest BCUT2D eigenvalue weighted by Crippen LogP contribution is -2.24. The van der Waals surface area contributed by atoms with Crippen molar-refractivity contribution in [1.29, 1.82) is 0 Å². The largest absolute Gasteiger partial charge is 0.271 e. The Morgan fingerprint density at radius 3 is 2.42 bits per heavy atom. The van der Waals surface area contributed by atoms with Crippen LogP contribution < -0.4 is 4.72 Å². The molecule has 8 heteroatoms. The highest BCUT2D eigenvalue weighted by Crippen LogP contribution is 2.18.